The molecule has 0 amide bonds. The van der Waals surface area contributed by atoms with Crippen LogP contribution in [0.25, 0.3) is 0 Å². The lowest BCUT2D eigenvalue weighted by molar-refractivity contribution is 0.0971. The average molecular weight is 224 g/mol. The molecule has 3 heteroatoms. The Bertz CT molecular complexity index is 345. The number of aryl methyl sites for hydroxylation is 1. The third kappa shape index (κ3) is 3.42. The number of hydrogen-bond donors (Lipinski definition) is 1. The second-order valence-corrected chi connectivity index (χ2v) is 4.74. The molecule has 0 spiro atoms. The van der Waals surface area contributed by atoms with Crippen molar-refractivity contribution in [3.63, 3.8) is 0 Å². The molecule has 1 rings (SSSR count). The van der Waals surface area contributed by atoms with Gasteiger partial charge in [0.25, 0.3) is 0 Å². The van der Waals surface area contributed by atoms with Crippen LogP contribution in [0, 0.1) is 12.3 Å². The molecular weight excluding hydrogens is 204 g/mol. The van der Waals surface area contributed by atoms with Gasteiger partial charge in [0.05, 0.1) is 20.3 Å². The molecule has 0 radical (unpaired) electrons. The first-order chi connectivity index (χ1) is 7.48. The SMILES string of the molecule is COc1ccc(OCC(C)(C)CO)c(C)c1. The van der Waals surface area contributed by atoms with Gasteiger partial charge in [-0.3, -0.25) is 0 Å². The van der Waals surface area contributed by atoms with Gasteiger partial charge < -0.3 is 14.6 Å². The summed E-state index contributed by atoms with van der Waals surface area (Å²) in [6, 6.07) is 5.69. The zero-order valence-corrected chi connectivity index (χ0v) is 10.4. The topological polar surface area (TPSA) is 38.7 Å². The molecule has 0 aromatic heterocycles. The van der Waals surface area contributed by atoms with Crippen LogP contribution >= 0.6 is 0 Å². The van der Waals surface area contributed by atoms with Crippen LogP contribution in [-0.2, 0) is 0 Å². The van der Waals surface area contributed by atoms with E-state index in [9.17, 15) is 0 Å². The van der Waals surface area contributed by atoms with Crippen molar-refractivity contribution in [3.8, 4) is 11.5 Å². The number of benzene rings is 1. The highest BCUT2D eigenvalue weighted by atomic mass is 16.5. The Balaban J connectivity index is 2.68. The lowest BCUT2D eigenvalue weighted by atomic mass is 9.96. The Morgan fingerprint density at radius 1 is 1.31 bits per heavy atom. The van der Waals surface area contributed by atoms with Gasteiger partial charge in [-0.25, -0.2) is 0 Å². The number of aliphatic hydroxyl groups excluding tert-OH is 1. The minimum absolute atomic E-state index is 0.113. The van der Waals surface area contributed by atoms with Crippen molar-refractivity contribution in [1.82, 2.24) is 0 Å². The Morgan fingerprint density at radius 2 is 2.00 bits per heavy atom. The Labute approximate surface area is 97.0 Å². The van der Waals surface area contributed by atoms with Crippen LogP contribution in [0.2, 0.25) is 0 Å². The number of rotatable bonds is 5. The van der Waals surface area contributed by atoms with Crippen molar-refractivity contribution in [1.29, 1.82) is 0 Å². The van der Waals surface area contributed by atoms with Gasteiger partial charge in [-0.1, -0.05) is 13.8 Å². The molecule has 0 aliphatic carbocycles. The standard InChI is InChI=1S/C13H20O3/c1-10-7-11(15-4)5-6-12(10)16-9-13(2,3)8-14/h5-7,14H,8-9H2,1-4H3. The molecular formula is C13H20O3. The molecule has 0 aliphatic heterocycles. The maximum atomic E-state index is 9.12. The van der Waals surface area contributed by atoms with E-state index in [0.717, 1.165) is 17.1 Å². The second-order valence-electron chi connectivity index (χ2n) is 4.74. The quantitative estimate of drug-likeness (QED) is 0.834. The van der Waals surface area contributed by atoms with E-state index in [2.05, 4.69) is 0 Å². The molecule has 1 N–H and O–H groups in total. The molecule has 0 atom stereocenters. The van der Waals surface area contributed by atoms with E-state index in [4.69, 9.17) is 14.6 Å². The van der Waals surface area contributed by atoms with Gasteiger partial charge in [0.15, 0.2) is 0 Å². The third-order valence-corrected chi connectivity index (χ3v) is 2.43. The molecule has 90 valence electrons. The monoisotopic (exact) mass is 224 g/mol. The highest BCUT2D eigenvalue weighted by molar-refractivity contribution is 5.39. The van der Waals surface area contributed by atoms with Crippen molar-refractivity contribution in [2.75, 3.05) is 20.3 Å². The maximum absolute atomic E-state index is 9.12. The van der Waals surface area contributed by atoms with Gasteiger partial charge in [0.1, 0.15) is 11.5 Å². The lowest BCUT2D eigenvalue weighted by Gasteiger charge is -2.22. The molecule has 0 bridgehead atoms. The summed E-state index contributed by atoms with van der Waals surface area (Å²) in [6.45, 7) is 6.51. The minimum atomic E-state index is -0.216. The predicted octanol–water partition coefficient (Wildman–Crippen LogP) is 2.40. The summed E-state index contributed by atoms with van der Waals surface area (Å²) in [4.78, 5) is 0. The van der Waals surface area contributed by atoms with E-state index < -0.39 is 0 Å². The summed E-state index contributed by atoms with van der Waals surface area (Å²) >= 11 is 0. The van der Waals surface area contributed by atoms with Crippen LogP contribution < -0.4 is 9.47 Å². The van der Waals surface area contributed by atoms with Crippen LogP contribution in [0.4, 0.5) is 0 Å². The van der Waals surface area contributed by atoms with E-state index in [0.29, 0.717) is 6.61 Å². The second kappa shape index (κ2) is 5.21. The zero-order valence-electron chi connectivity index (χ0n) is 10.4. The van der Waals surface area contributed by atoms with Crippen molar-refractivity contribution in [2.45, 2.75) is 20.8 Å². The lowest BCUT2D eigenvalue weighted by Crippen LogP contribution is -2.25. The van der Waals surface area contributed by atoms with Crippen molar-refractivity contribution in [3.05, 3.63) is 23.8 Å². The summed E-state index contributed by atoms with van der Waals surface area (Å²) in [5.41, 5.74) is 0.819. The molecule has 0 fully saturated rings. The van der Waals surface area contributed by atoms with Gasteiger partial charge in [-0.15, -0.1) is 0 Å². The van der Waals surface area contributed by atoms with Crippen molar-refractivity contribution >= 4 is 0 Å². The number of ether oxygens (including phenoxy) is 2. The largest absolute Gasteiger partial charge is 0.497 e. The van der Waals surface area contributed by atoms with Crippen LogP contribution in [0.3, 0.4) is 0 Å². The third-order valence-electron chi connectivity index (χ3n) is 2.43. The highest BCUT2D eigenvalue weighted by Crippen LogP contribution is 2.25. The molecule has 0 heterocycles. The number of hydrogen-bond acceptors (Lipinski definition) is 3. The van der Waals surface area contributed by atoms with E-state index in [1.165, 1.54) is 0 Å². The summed E-state index contributed by atoms with van der Waals surface area (Å²) in [5.74, 6) is 1.66. The fraction of sp³-hybridized carbons (Fsp3) is 0.538. The van der Waals surface area contributed by atoms with E-state index in [1.54, 1.807) is 7.11 Å². The fourth-order valence-electron chi connectivity index (χ4n) is 1.23. The molecule has 0 unspecified atom stereocenters. The van der Waals surface area contributed by atoms with Gasteiger partial charge in [-0.05, 0) is 30.7 Å². The zero-order chi connectivity index (χ0) is 12.2. The Hall–Kier alpha value is -1.22. The molecule has 1 aromatic carbocycles. The summed E-state index contributed by atoms with van der Waals surface area (Å²) in [6.07, 6.45) is 0. The first-order valence-corrected chi connectivity index (χ1v) is 5.37. The van der Waals surface area contributed by atoms with Gasteiger partial charge in [0, 0.05) is 5.41 Å². The maximum Gasteiger partial charge on any atom is 0.122 e. The summed E-state index contributed by atoms with van der Waals surface area (Å²) in [7, 11) is 1.64. The van der Waals surface area contributed by atoms with E-state index in [1.807, 2.05) is 39.0 Å². The Kier molecular flexibility index (Phi) is 4.19. The molecule has 3 nitrogen and oxygen atoms in total. The number of aliphatic hydroxyl groups is 1. The first kappa shape index (κ1) is 12.8. The summed E-state index contributed by atoms with van der Waals surface area (Å²) in [5, 5.41) is 9.12. The highest BCUT2D eigenvalue weighted by Gasteiger charge is 2.17. The number of methoxy groups -OCH3 is 1. The van der Waals surface area contributed by atoms with Crippen LogP contribution in [0.1, 0.15) is 19.4 Å². The molecule has 16 heavy (non-hydrogen) atoms. The molecule has 1 aromatic rings. The fourth-order valence-corrected chi connectivity index (χ4v) is 1.23. The summed E-state index contributed by atoms with van der Waals surface area (Å²) < 4.78 is 10.8. The van der Waals surface area contributed by atoms with E-state index in [-0.39, 0.29) is 12.0 Å². The van der Waals surface area contributed by atoms with Crippen LogP contribution in [-0.4, -0.2) is 25.4 Å². The first-order valence-electron chi connectivity index (χ1n) is 5.37. The molecule has 0 saturated carbocycles. The molecule has 0 aliphatic rings. The van der Waals surface area contributed by atoms with Crippen molar-refractivity contribution < 1.29 is 14.6 Å². The van der Waals surface area contributed by atoms with Crippen LogP contribution in [0.15, 0.2) is 18.2 Å². The predicted molar refractivity (Wildman–Crippen MR) is 64.1 cm³/mol. The van der Waals surface area contributed by atoms with Crippen LogP contribution in [0.5, 0.6) is 11.5 Å². The van der Waals surface area contributed by atoms with E-state index >= 15 is 0 Å². The Morgan fingerprint density at radius 3 is 2.50 bits per heavy atom. The smallest absolute Gasteiger partial charge is 0.122 e. The van der Waals surface area contributed by atoms with Gasteiger partial charge >= 0.3 is 0 Å². The molecule has 0 saturated heterocycles. The normalized spacial score (nSPS) is 11.3. The average Bonchev–Trinajstić information content (AvgIpc) is 2.27. The van der Waals surface area contributed by atoms with Gasteiger partial charge in [-0.2, -0.15) is 0 Å². The van der Waals surface area contributed by atoms with Crippen molar-refractivity contribution in [2.24, 2.45) is 5.41 Å². The minimum Gasteiger partial charge on any atom is -0.497 e. The van der Waals surface area contributed by atoms with Gasteiger partial charge in [0.2, 0.25) is 0 Å².